The van der Waals surface area contributed by atoms with Gasteiger partial charge in [0.05, 0.1) is 43.7 Å². The Morgan fingerprint density at radius 2 is 1.71 bits per heavy atom. The van der Waals surface area contributed by atoms with E-state index in [2.05, 4.69) is 10.5 Å². The van der Waals surface area contributed by atoms with Gasteiger partial charge < -0.3 is 14.2 Å². The van der Waals surface area contributed by atoms with Crippen LogP contribution in [0.1, 0.15) is 15.9 Å². The van der Waals surface area contributed by atoms with E-state index in [1.54, 1.807) is 43.5 Å². The normalized spacial score (nSPS) is 10.5. The van der Waals surface area contributed by atoms with Crippen molar-refractivity contribution in [3.63, 3.8) is 0 Å². The lowest BCUT2D eigenvalue weighted by Crippen LogP contribution is -2.18. The first-order valence-corrected chi connectivity index (χ1v) is 7.36. The van der Waals surface area contributed by atoms with Gasteiger partial charge in [0.2, 0.25) is 0 Å². The number of halogens is 1. The van der Waals surface area contributed by atoms with Gasteiger partial charge in [0.15, 0.2) is 0 Å². The van der Waals surface area contributed by atoms with Crippen LogP contribution in [0.5, 0.6) is 17.2 Å². The molecule has 126 valence electrons. The molecule has 0 aliphatic heterocycles. The molecule has 0 aliphatic carbocycles. The highest BCUT2D eigenvalue weighted by Gasteiger charge is 2.12. The molecule has 0 heterocycles. The van der Waals surface area contributed by atoms with Crippen molar-refractivity contribution in [3.8, 4) is 17.2 Å². The Morgan fingerprint density at radius 1 is 1.08 bits per heavy atom. The fourth-order valence-electron chi connectivity index (χ4n) is 2.02. The van der Waals surface area contributed by atoms with Gasteiger partial charge >= 0.3 is 0 Å². The molecule has 24 heavy (non-hydrogen) atoms. The largest absolute Gasteiger partial charge is 0.496 e. The molecule has 2 aromatic rings. The highest BCUT2D eigenvalue weighted by Crippen LogP contribution is 2.32. The van der Waals surface area contributed by atoms with Crippen molar-refractivity contribution < 1.29 is 19.0 Å². The average molecular weight is 349 g/mol. The summed E-state index contributed by atoms with van der Waals surface area (Å²) in [6.45, 7) is 0. The van der Waals surface area contributed by atoms with Crippen LogP contribution in [-0.4, -0.2) is 33.5 Å². The molecular weight excluding hydrogens is 332 g/mol. The molecule has 2 aromatic carbocycles. The summed E-state index contributed by atoms with van der Waals surface area (Å²) >= 11 is 5.98. The van der Waals surface area contributed by atoms with Crippen LogP contribution in [0.15, 0.2) is 41.5 Å². The Bertz CT molecular complexity index is 737. The summed E-state index contributed by atoms with van der Waals surface area (Å²) < 4.78 is 15.8. The second-order valence-electron chi connectivity index (χ2n) is 4.62. The second-order valence-corrected chi connectivity index (χ2v) is 5.03. The van der Waals surface area contributed by atoms with Crippen molar-refractivity contribution in [1.29, 1.82) is 0 Å². The van der Waals surface area contributed by atoms with Crippen LogP contribution >= 0.6 is 11.6 Å². The minimum atomic E-state index is -0.414. The lowest BCUT2D eigenvalue weighted by molar-refractivity contribution is 0.0955. The van der Waals surface area contributed by atoms with Crippen LogP contribution in [0, 0.1) is 0 Å². The summed E-state index contributed by atoms with van der Waals surface area (Å²) in [5.74, 6) is 1.17. The summed E-state index contributed by atoms with van der Waals surface area (Å²) in [5, 5.41) is 4.30. The van der Waals surface area contributed by atoms with Gasteiger partial charge in [-0.15, -0.1) is 0 Å². The third kappa shape index (κ3) is 3.97. The highest BCUT2D eigenvalue weighted by molar-refractivity contribution is 6.33. The zero-order valence-corrected chi connectivity index (χ0v) is 14.3. The van der Waals surface area contributed by atoms with Gasteiger partial charge in [-0.3, -0.25) is 4.79 Å². The molecule has 6 nitrogen and oxygen atoms in total. The van der Waals surface area contributed by atoms with Gasteiger partial charge in [0.25, 0.3) is 5.91 Å². The van der Waals surface area contributed by atoms with E-state index >= 15 is 0 Å². The Kier molecular flexibility index (Phi) is 6.03. The van der Waals surface area contributed by atoms with Gasteiger partial charge in [-0.25, -0.2) is 5.43 Å². The summed E-state index contributed by atoms with van der Waals surface area (Å²) in [6, 6.07) is 10.1. The van der Waals surface area contributed by atoms with Crippen molar-refractivity contribution >= 4 is 23.7 Å². The molecule has 2 rings (SSSR count). The summed E-state index contributed by atoms with van der Waals surface area (Å²) in [5.41, 5.74) is 3.33. The van der Waals surface area contributed by atoms with E-state index in [1.165, 1.54) is 20.4 Å². The Hall–Kier alpha value is -2.73. The number of carbonyl (C=O) groups excluding carboxylic acids is 1. The van der Waals surface area contributed by atoms with E-state index in [4.69, 9.17) is 25.8 Å². The van der Waals surface area contributed by atoms with Crippen molar-refractivity contribution in [3.05, 3.63) is 52.5 Å². The van der Waals surface area contributed by atoms with E-state index in [0.717, 1.165) is 0 Å². The van der Waals surface area contributed by atoms with Crippen LogP contribution in [-0.2, 0) is 0 Å². The predicted molar refractivity (Wildman–Crippen MR) is 92.6 cm³/mol. The quantitative estimate of drug-likeness (QED) is 0.643. The maximum atomic E-state index is 12.1. The van der Waals surface area contributed by atoms with Gasteiger partial charge in [0, 0.05) is 12.1 Å². The Morgan fingerprint density at radius 3 is 2.25 bits per heavy atom. The first kappa shape index (κ1) is 17.6. The summed E-state index contributed by atoms with van der Waals surface area (Å²) in [7, 11) is 4.59. The number of ether oxygens (including phenoxy) is 3. The number of amides is 1. The van der Waals surface area contributed by atoms with Crippen molar-refractivity contribution in [1.82, 2.24) is 5.43 Å². The fraction of sp³-hybridized carbons (Fsp3) is 0.176. The average Bonchev–Trinajstić information content (AvgIpc) is 2.61. The zero-order valence-electron chi connectivity index (χ0n) is 13.5. The molecule has 1 N–H and O–H groups in total. The minimum Gasteiger partial charge on any atom is -0.496 e. The monoisotopic (exact) mass is 348 g/mol. The van der Waals surface area contributed by atoms with Crippen LogP contribution in [0.2, 0.25) is 5.02 Å². The molecule has 0 radical (unpaired) electrons. The van der Waals surface area contributed by atoms with Gasteiger partial charge in [-0.2, -0.15) is 5.10 Å². The number of hydrogen-bond acceptors (Lipinski definition) is 5. The third-order valence-corrected chi connectivity index (χ3v) is 3.56. The molecule has 0 unspecified atom stereocenters. The molecule has 0 saturated carbocycles. The molecule has 0 aliphatic rings. The second kappa shape index (κ2) is 8.21. The Balaban J connectivity index is 2.23. The van der Waals surface area contributed by atoms with Gasteiger partial charge in [-0.05, 0) is 12.1 Å². The predicted octanol–water partition coefficient (Wildman–Crippen LogP) is 3.13. The standard InChI is InChI=1S/C17H17ClN2O4/c1-22-11-8-15(23-2)13(16(9-11)24-3)10-19-20-17(21)12-6-4-5-7-14(12)18/h4-10H,1-3H3,(H,20,21)/b19-10-. The third-order valence-electron chi connectivity index (χ3n) is 3.23. The number of carbonyl (C=O) groups is 1. The van der Waals surface area contributed by atoms with E-state index < -0.39 is 5.91 Å². The Labute approximate surface area is 145 Å². The van der Waals surface area contributed by atoms with Gasteiger partial charge in [-0.1, -0.05) is 23.7 Å². The molecule has 7 heteroatoms. The summed E-state index contributed by atoms with van der Waals surface area (Å²) in [4.78, 5) is 12.1. The van der Waals surface area contributed by atoms with E-state index in [-0.39, 0.29) is 0 Å². The first-order chi connectivity index (χ1) is 11.6. The van der Waals surface area contributed by atoms with E-state index in [1.807, 2.05) is 0 Å². The molecule has 0 saturated heterocycles. The molecular formula is C17H17ClN2O4. The van der Waals surface area contributed by atoms with Crippen molar-refractivity contribution in [2.45, 2.75) is 0 Å². The summed E-state index contributed by atoms with van der Waals surface area (Å²) in [6.07, 6.45) is 1.44. The smallest absolute Gasteiger partial charge is 0.272 e. The molecule has 0 spiro atoms. The minimum absolute atomic E-state index is 0.338. The number of rotatable bonds is 6. The molecule has 0 fully saturated rings. The number of nitrogens with zero attached hydrogens (tertiary/aromatic N) is 1. The number of nitrogens with one attached hydrogen (secondary N) is 1. The number of hydrazone groups is 1. The zero-order chi connectivity index (χ0) is 17.5. The van der Waals surface area contributed by atoms with E-state index in [9.17, 15) is 4.79 Å². The number of methoxy groups -OCH3 is 3. The number of benzene rings is 2. The van der Waals surface area contributed by atoms with Crippen LogP contribution < -0.4 is 19.6 Å². The van der Waals surface area contributed by atoms with Crippen LogP contribution in [0.3, 0.4) is 0 Å². The van der Waals surface area contributed by atoms with Gasteiger partial charge in [0.1, 0.15) is 17.2 Å². The maximum absolute atomic E-state index is 12.1. The lowest BCUT2D eigenvalue weighted by atomic mass is 10.2. The SMILES string of the molecule is COc1cc(OC)c(/C=N\NC(=O)c2ccccc2Cl)c(OC)c1. The molecule has 1 amide bonds. The first-order valence-electron chi connectivity index (χ1n) is 6.98. The van der Waals surface area contributed by atoms with Crippen LogP contribution in [0.25, 0.3) is 0 Å². The molecule has 0 atom stereocenters. The van der Waals surface area contributed by atoms with Crippen molar-refractivity contribution in [2.75, 3.05) is 21.3 Å². The molecule has 0 bridgehead atoms. The highest BCUT2D eigenvalue weighted by atomic mass is 35.5. The topological polar surface area (TPSA) is 69.2 Å². The number of hydrogen-bond donors (Lipinski definition) is 1. The lowest BCUT2D eigenvalue weighted by Gasteiger charge is -2.12. The van der Waals surface area contributed by atoms with Crippen molar-refractivity contribution in [2.24, 2.45) is 5.10 Å². The molecule has 0 aromatic heterocycles. The van der Waals surface area contributed by atoms with Crippen LogP contribution in [0.4, 0.5) is 0 Å². The maximum Gasteiger partial charge on any atom is 0.272 e. The van der Waals surface area contributed by atoms with E-state index in [0.29, 0.717) is 33.4 Å². The fourth-order valence-corrected chi connectivity index (χ4v) is 2.24.